The first-order chi connectivity index (χ1) is 10.5. The Morgan fingerprint density at radius 3 is 2.59 bits per heavy atom. The second-order valence-corrected chi connectivity index (χ2v) is 5.12. The maximum atomic E-state index is 12.2. The van der Waals surface area contributed by atoms with Crippen LogP contribution in [0, 0.1) is 0 Å². The predicted octanol–water partition coefficient (Wildman–Crippen LogP) is -1.34. The van der Waals surface area contributed by atoms with E-state index in [1.165, 1.54) is 19.2 Å². The summed E-state index contributed by atoms with van der Waals surface area (Å²) in [6.45, 7) is -0.518. The van der Waals surface area contributed by atoms with E-state index in [9.17, 15) is 19.8 Å². The number of aliphatic hydroxyl groups excluding tert-OH is 3. The highest BCUT2D eigenvalue weighted by atomic mass is 16.6. The van der Waals surface area contributed by atoms with Gasteiger partial charge in [-0.25, -0.2) is 0 Å². The van der Waals surface area contributed by atoms with Crippen molar-refractivity contribution in [3.8, 4) is 5.75 Å². The number of rotatable bonds is 3. The Hall–Kier alpha value is -2.00. The lowest BCUT2D eigenvalue weighted by molar-refractivity contribution is -0.118. The summed E-state index contributed by atoms with van der Waals surface area (Å²) in [4.78, 5) is 25.2. The number of carbonyl (C=O) groups is 2. The molecule has 1 aromatic rings. The smallest absolute Gasteiger partial charge is 0.301 e. The van der Waals surface area contributed by atoms with Crippen LogP contribution in [0.2, 0.25) is 0 Å². The molecule has 22 heavy (non-hydrogen) atoms. The highest BCUT2D eigenvalue weighted by Crippen LogP contribution is 2.37. The van der Waals surface area contributed by atoms with Crippen molar-refractivity contribution in [1.82, 2.24) is 0 Å². The lowest BCUT2D eigenvalue weighted by atomic mass is 10.1. The number of hydrogen-bond acceptors (Lipinski definition) is 7. The second-order valence-electron chi connectivity index (χ2n) is 5.12. The Morgan fingerprint density at radius 1 is 1.27 bits per heavy atom. The standard InChI is InChI=1S/C14H15NO7/c1-21-6-2-3-7-8(4-6)15(13(20)10(7)17)14-12(19)11(18)9(5-16)22-14/h2-4,9,11-12,14,16,18-19H,5H2,1H3/t9-,11-,12-,14-/m1/s1. The molecule has 8 nitrogen and oxygen atoms in total. The first-order valence-electron chi connectivity index (χ1n) is 6.68. The van der Waals surface area contributed by atoms with Crippen LogP contribution < -0.4 is 9.64 Å². The summed E-state index contributed by atoms with van der Waals surface area (Å²) in [6, 6.07) is 4.48. The summed E-state index contributed by atoms with van der Waals surface area (Å²) in [7, 11) is 1.44. The molecule has 1 aromatic carbocycles. The Labute approximate surface area is 125 Å². The van der Waals surface area contributed by atoms with Gasteiger partial charge < -0.3 is 24.8 Å². The van der Waals surface area contributed by atoms with E-state index >= 15 is 0 Å². The monoisotopic (exact) mass is 309 g/mol. The van der Waals surface area contributed by atoms with Crippen LogP contribution in [0.15, 0.2) is 18.2 Å². The third-order valence-electron chi connectivity index (χ3n) is 3.89. The number of aliphatic hydroxyl groups is 3. The third kappa shape index (κ3) is 2.00. The molecule has 2 aliphatic rings. The molecule has 2 heterocycles. The first kappa shape index (κ1) is 14.9. The summed E-state index contributed by atoms with van der Waals surface area (Å²) in [5.41, 5.74) is 0.410. The van der Waals surface area contributed by atoms with Crippen LogP contribution >= 0.6 is 0 Å². The molecule has 0 aromatic heterocycles. The fourth-order valence-corrected chi connectivity index (χ4v) is 2.71. The van der Waals surface area contributed by atoms with Gasteiger partial charge in [0.2, 0.25) is 0 Å². The molecule has 1 saturated heterocycles. The van der Waals surface area contributed by atoms with Gasteiger partial charge in [0, 0.05) is 6.07 Å². The van der Waals surface area contributed by atoms with Crippen molar-refractivity contribution in [2.75, 3.05) is 18.6 Å². The average molecular weight is 309 g/mol. The van der Waals surface area contributed by atoms with Crippen LogP contribution in [-0.2, 0) is 9.53 Å². The highest BCUT2D eigenvalue weighted by Gasteiger charge is 2.51. The summed E-state index contributed by atoms with van der Waals surface area (Å²) in [5.74, 6) is -1.16. The molecule has 0 bridgehead atoms. The van der Waals surface area contributed by atoms with E-state index in [4.69, 9.17) is 14.6 Å². The summed E-state index contributed by atoms with van der Waals surface area (Å²) >= 11 is 0. The van der Waals surface area contributed by atoms with Gasteiger partial charge in [-0.1, -0.05) is 0 Å². The number of Topliss-reactive ketones (excluding diaryl/α,β-unsaturated/α-hetero) is 1. The number of fused-ring (bicyclic) bond motifs is 1. The lowest BCUT2D eigenvalue weighted by Gasteiger charge is -2.26. The van der Waals surface area contributed by atoms with E-state index in [1.54, 1.807) is 6.07 Å². The minimum atomic E-state index is -1.44. The highest BCUT2D eigenvalue weighted by molar-refractivity contribution is 6.52. The van der Waals surface area contributed by atoms with Crippen LogP contribution in [0.4, 0.5) is 5.69 Å². The molecular formula is C14H15NO7. The zero-order valence-electron chi connectivity index (χ0n) is 11.7. The predicted molar refractivity (Wildman–Crippen MR) is 72.6 cm³/mol. The maximum absolute atomic E-state index is 12.2. The van der Waals surface area contributed by atoms with Gasteiger partial charge in [0.05, 0.1) is 25.0 Å². The van der Waals surface area contributed by atoms with Gasteiger partial charge in [-0.2, -0.15) is 0 Å². The number of anilines is 1. The second kappa shape index (κ2) is 5.33. The molecule has 0 aliphatic carbocycles. The number of methoxy groups -OCH3 is 1. The van der Waals surface area contributed by atoms with Crippen LogP contribution in [-0.4, -0.2) is 65.3 Å². The molecular weight excluding hydrogens is 294 g/mol. The minimum Gasteiger partial charge on any atom is -0.497 e. The largest absolute Gasteiger partial charge is 0.497 e. The molecule has 3 N–H and O–H groups in total. The van der Waals surface area contributed by atoms with E-state index in [0.717, 1.165) is 4.90 Å². The van der Waals surface area contributed by atoms with Gasteiger partial charge >= 0.3 is 5.91 Å². The van der Waals surface area contributed by atoms with Gasteiger partial charge in [0.15, 0.2) is 6.23 Å². The topological polar surface area (TPSA) is 117 Å². The zero-order chi connectivity index (χ0) is 16.0. The minimum absolute atomic E-state index is 0.170. The number of carbonyl (C=O) groups excluding carboxylic acids is 2. The number of amides is 1. The van der Waals surface area contributed by atoms with E-state index in [2.05, 4.69) is 0 Å². The Balaban J connectivity index is 2.02. The number of benzene rings is 1. The van der Waals surface area contributed by atoms with E-state index in [0.29, 0.717) is 5.75 Å². The molecule has 0 unspecified atom stereocenters. The quantitative estimate of drug-likeness (QED) is 0.592. The van der Waals surface area contributed by atoms with Gasteiger partial charge in [-0.05, 0) is 12.1 Å². The van der Waals surface area contributed by atoms with Crippen molar-refractivity contribution >= 4 is 17.4 Å². The molecule has 1 fully saturated rings. The van der Waals surface area contributed by atoms with Gasteiger partial charge in [0.1, 0.15) is 24.1 Å². The van der Waals surface area contributed by atoms with E-state index in [-0.39, 0.29) is 11.3 Å². The van der Waals surface area contributed by atoms with Crippen molar-refractivity contribution in [2.45, 2.75) is 24.5 Å². The normalized spacial score (nSPS) is 30.8. The van der Waals surface area contributed by atoms with Crippen molar-refractivity contribution < 1.29 is 34.4 Å². The molecule has 1 amide bonds. The van der Waals surface area contributed by atoms with Gasteiger partial charge in [-0.3, -0.25) is 14.5 Å². The van der Waals surface area contributed by atoms with Crippen molar-refractivity contribution in [1.29, 1.82) is 0 Å². The fraction of sp³-hybridized carbons (Fsp3) is 0.429. The molecule has 2 aliphatic heterocycles. The summed E-state index contributed by atoms with van der Waals surface area (Å²) in [5, 5.41) is 29.0. The Kier molecular flexibility index (Phi) is 3.61. The third-order valence-corrected chi connectivity index (χ3v) is 3.89. The number of ether oxygens (including phenoxy) is 2. The van der Waals surface area contributed by atoms with Crippen LogP contribution in [0.25, 0.3) is 0 Å². The number of ketones is 1. The van der Waals surface area contributed by atoms with Crippen molar-refractivity contribution in [3.63, 3.8) is 0 Å². The number of nitrogens with zero attached hydrogens (tertiary/aromatic N) is 1. The molecule has 0 radical (unpaired) electrons. The zero-order valence-corrected chi connectivity index (χ0v) is 11.7. The SMILES string of the molecule is COc1ccc2c(c1)N([C@@H]1O[C@H](CO)[C@@H](O)[C@H]1O)C(=O)C2=O. The molecule has 0 spiro atoms. The molecule has 0 saturated carbocycles. The first-order valence-corrected chi connectivity index (χ1v) is 6.68. The Bertz CT molecular complexity index is 632. The van der Waals surface area contributed by atoms with Gasteiger partial charge in [0.25, 0.3) is 5.78 Å². The average Bonchev–Trinajstić information content (AvgIpc) is 2.95. The fourth-order valence-electron chi connectivity index (χ4n) is 2.71. The van der Waals surface area contributed by atoms with E-state index in [1.807, 2.05) is 0 Å². The van der Waals surface area contributed by atoms with E-state index < -0.39 is 42.8 Å². The molecule has 4 atom stereocenters. The Morgan fingerprint density at radius 2 is 2.00 bits per heavy atom. The number of hydrogen-bond donors (Lipinski definition) is 3. The van der Waals surface area contributed by atoms with Crippen LogP contribution in [0.1, 0.15) is 10.4 Å². The molecule has 3 rings (SSSR count). The molecule has 8 heteroatoms. The summed E-state index contributed by atoms with van der Waals surface area (Å²) in [6.07, 6.45) is -5.08. The van der Waals surface area contributed by atoms with Crippen LogP contribution in [0.5, 0.6) is 5.75 Å². The van der Waals surface area contributed by atoms with Crippen LogP contribution in [0.3, 0.4) is 0 Å². The molecule has 118 valence electrons. The lowest BCUT2D eigenvalue weighted by Crippen LogP contribution is -2.47. The van der Waals surface area contributed by atoms with Crippen molar-refractivity contribution in [3.05, 3.63) is 23.8 Å². The maximum Gasteiger partial charge on any atom is 0.301 e. The summed E-state index contributed by atoms with van der Waals surface area (Å²) < 4.78 is 10.4. The van der Waals surface area contributed by atoms with Crippen molar-refractivity contribution in [2.24, 2.45) is 0 Å². The van der Waals surface area contributed by atoms with Gasteiger partial charge in [-0.15, -0.1) is 0 Å².